The lowest BCUT2D eigenvalue weighted by Gasteiger charge is -2.41. The lowest BCUT2D eigenvalue weighted by molar-refractivity contribution is -0.158. The highest BCUT2D eigenvalue weighted by Gasteiger charge is 2.44. The predicted molar refractivity (Wildman–Crippen MR) is 251 cm³/mol. The molecule has 6 bridgehead atoms. The van der Waals surface area contributed by atoms with Gasteiger partial charge in [0.1, 0.15) is 24.0 Å². The minimum absolute atomic E-state index is 0.119. The molecule has 2 saturated heterocycles. The van der Waals surface area contributed by atoms with Crippen molar-refractivity contribution in [1.82, 2.24) is 40.1 Å². The minimum Gasteiger partial charge on any atom is -0.464 e. The molecule has 0 spiro atoms. The van der Waals surface area contributed by atoms with Crippen molar-refractivity contribution in [2.45, 2.75) is 108 Å². The highest BCUT2D eigenvalue weighted by Crippen LogP contribution is 2.43. The number of esters is 1. The lowest BCUT2D eigenvalue weighted by Crippen LogP contribution is -2.67. The highest BCUT2D eigenvalue weighted by molar-refractivity contribution is 6.27. The van der Waals surface area contributed by atoms with Crippen LogP contribution in [-0.4, -0.2) is 160 Å². The molecular weight excluding hydrogens is 930 g/mol. The third-order valence-corrected chi connectivity index (χ3v) is 13.6. The van der Waals surface area contributed by atoms with Gasteiger partial charge in [-0.3, -0.25) is 34.1 Å². The first-order chi connectivity index (χ1) is 32.9. The van der Waals surface area contributed by atoms with Crippen LogP contribution < -0.4 is 10.7 Å². The fraction of sp³-hybridized carbons (Fsp3) is 0.551. The Kier molecular flexibility index (Phi) is 15.4. The second-order valence-electron chi connectivity index (χ2n) is 19.6. The van der Waals surface area contributed by atoms with E-state index < -0.39 is 64.9 Å². The number of amides is 3. The number of nitrogens with one attached hydrogen (secondary N) is 2. The maximum atomic E-state index is 14.6. The van der Waals surface area contributed by atoms with Gasteiger partial charge in [0.25, 0.3) is 17.7 Å². The minimum atomic E-state index is -4.62. The van der Waals surface area contributed by atoms with Crippen molar-refractivity contribution in [3.8, 4) is 34.6 Å². The van der Waals surface area contributed by atoms with Gasteiger partial charge in [0.05, 0.1) is 58.3 Å². The monoisotopic (exact) mass is 989 g/mol. The van der Waals surface area contributed by atoms with Crippen LogP contribution in [-0.2, 0) is 57.5 Å². The first-order valence-electron chi connectivity index (χ1n) is 23.0. The molecule has 3 radical (unpaired) electrons. The Morgan fingerprint density at radius 3 is 2.56 bits per heavy atom. The number of ether oxygens (including phenoxy) is 4. The molecular formula is C49H60F3N8O9Si. The standard InChI is InChI=1S/C49H60F3N8O9Si/c1-29(65-8)40-33(12-10-18-53-40)41-35-22-46(2,3)28-69-45(64)48(70)16-11-19-60(56-48)44(63)36(21-31-25-68-43(54-31)30-13-14-37(34(35)20-30)59(41)27-49(50,51)52)55-42(62)38(66-9)26-67-32-23-58(24-32)39(61)15-17-47(4,5)57(6)7/h10,12-14,18,20,25,29,32,36,38,56H,11,16,19,21-24,26-28H2,1-9H3,(H,55,62)/t29-,36-,38-,48-/m0/s1. The van der Waals surface area contributed by atoms with E-state index in [1.165, 1.54) is 30.1 Å². The van der Waals surface area contributed by atoms with Crippen molar-refractivity contribution in [2.75, 3.05) is 61.2 Å². The van der Waals surface area contributed by atoms with Gasteiger partial charge in [-0.05, 0) is 95.9 Å². The van der Waals surface area contributed by atoms with Gasteiger partial charge in [0, 0.05) is 73.9 Å². The van der Waals surface area contributed by atoms with Crippen molar-refractivity contribution < 1.29 is 55.7 Å². The number of fused-ring (bicyclic) bond motifs is 6. The molecule has 2 N–H and O–H groups in total. The SMILES string of the molecule is CO[C@@H](COC1CN(C(=O)C#CC(C)(C)N(C)C)C1)C(=O)N[C@H]1Cc2coc(n2)-c2ccc3c(c2)c(c(-c2cccnc2[C@H](C)OC)n3CC(F)(F)F)CC(C)(C)COC(=O)[C@@]2([Si])CCCN(N2)C1=O. The fourth-order valence-electron chi connectivity index (χ4n) is 8.49. The zero-order chi connectivity index (χ0) is 50.9. The Morgan fingerprint density at radius 2 is 1.87 bits per heavy atom. The number of nitrogens with zero attached hydrogens (tertiary/aromatic N) is 6. The smallest absolute Gasteiger partial charge is 0.406 e. The largest absolute Gasteiger partial charge is 0.464 e. The Bertz CT molecular complexity index is 2670. The number of pyridine rings is 1. The van der Waals surface area contributed by atoms with Crippen LogP contribution in [0.1, 0.15) is 70.5 Å². The third kappa shape index (κ3) is 11.6. The molecule has 17 nitrogen and oxygen atoms in total. The number of hydrazine groups is 1. The zero-order valence-corrected chi connectivity index (χ0v) is 41.9. The number of carbonyl (C=O) groups is 4. The molecule has 21 heteroatoms. The lowest BCUT2D eigenvalue weighted by atomic mass is 9.84. The van der Waals surface area contributed by atoms with E-state index in [2.05, 4.69) is 37.8 Å². The summed E-state index contributed by atoms with van der Waals surface area (Å²) < 4.78 is 74.3. The molecule has 4 atom stereocenters. The van der Waals surface area contributed by atoms with Crippen molar-refractivity contribution in [1.29, 1.82) is 0 Å². The van der Waals surface area contributed by atoms with Crippen molar-refractivity contribution >= 4 is 44.8 Å². The Labute approximate surface area is 408 Å². The summed E-state index contributed by atoms with van der Waals surface area (Å²) >= 11 is 0. The van der Waals surface area contributed by atoms with E-state index in [0.29, 0.717) is 34.2 Å². The zero-order valence-electron chi connectivity index (χ0n) is 40.9. The summed E-state index contributed by atoms with van der Waals surface area (Å²) in [5.41, 5.74) is 4.33. The highest BCUT2D eigenvalue weighted by atomic mass is 28.1. The number of cyclic esters (lactones) is 1. The van der Waals surface area contributed by atoms with Gasteiger partial charge in [-0.15, -0.1) is 0 Å². The number of alkyl halides is 3. The van der Waals surface area contributed by atoms with Crippen molar-refractivity contribution in [2.24, 2.45) is 5.41 Å². The number of likely N-dealkylation sites (tertiary alicyclic amines) is 1. The number of rotatable bonds is 11. The van der Waals surface area contributed by atoms with Crippen LogP contribution in [0.25, 0.3) is 33.6 Å². The van der Waals surface area contributed by atoms with Crippen LogP contribution in [0, 0.1) is 17.3 Å². The second kappa shape index (κ2) is 20.6. The van der Waals surface area contributed by atoms with E-state index >= 15 is 0 Å². The predicted octanol–water partition coefficient (Wildman–Crippen LogP) is 4.36. The van der Waals surface area contributed by atoms with Gasteiger partial charge in [0.2, 0.25) is 5.89 Å². The van der Waals surface area contributed by atoms with Crippen molar-refractivity contribution in [3.63, 3.8) is 0 Å². The number of carbonyl (C=O) groups excluding carboxylic acids is 4. The van der Waals surface area contributed by atoms with E-state index in [-0.39, 0.29) is 86.9 Å². The van der Waals surface area contributed by atoms with Gasteiger partial charge in [-0.2, -0.15) is 13.2 Å². The quantitative estimate of drug-likeness (QED) is 0.123. The van der Waals surface area contributed by atoms with Crippen LogP contribution >= 0.6 is 0 Å². The number of halogens is 3. The maximum Gasteiger partial charge on any atom is 0.406 e. The summed E-state index contributed by atoms with van der Waals surface area (Å²) in [6, 6.07) is 7.02. The van der Waals surface area contributed by atoms with E-state index in [4.69, 9.17) is 28.3 Å². The number of hydrogen-bond donors (Lipinski definition) is 2. The van der Waals surface area contributed by atoms with Crippen LogP contribution in [0.3, 0.4) is 0 Å². The van der Waals surface area contributed by atoms with Crippen LogP contribution in [0.15, 0.2) is 47.2 Å². The van der Waals surface area contributed by atoms with Crippen LogP contribution in [0.2, 0.25) is 0 Å². The molecule has 3 amide bonds. The molecule has 6 heterocycles. The molecule has 0 unspecified atom stereocenters. The number of methoxy groups -OCH3 is 2. The Balaban J connectivity index is 1.22. The average molecular weight is 990 g/mol. The molecule has 2 fully saturated rings. The molecule has 0 saturated carbocycles. The fourth-order valence-corrected chi connectivity index (χ4v) is 8.87. The van der Waals surface area contributed by atoms with Crippen LogP contribution in [0.5, 0.6) is 0 Å². The van der Waals surface area contributed by atoms with Gasteiger partial charge < -0.3 is 38.1 Å². The summed E-state index contributed by atoms with van der Waals surface area (Å²) in [6.07, 6.45) is -3.27. The Hall–Kier alpha value is -5.63. The number of oxazole rings is 1. The molecule has 3 aromatic heterocycles. The summed E-state index contributed by atoms with van der Waals surface area (Å²) in [6.45, 7) is 8.33. The first kappa shape index (κ1) is 52.2. The van der Waals surface area contributed by atoms with Gasteiger partial charge in [0.15, 0.2) is 6.10 Å². The maximum absolute atomic E-state index is 14.6. The number of hydrogen-bond acceptors (Lipinski definition) is 13. The molecule has 4 aromatic rings. The van der Waals surface area contributed by atoms with Gasteiger partial charge >= 0.3 is 12.1 Å². The third-order valence-electron chi connectivity index (χ3n) is 13.1. The Morgan fingerprint density at radius 1 is 1.13 bits per heavy atom. The topological polar surface area (TPSA) is 183 Å². The van der Waals surface area contributed by atoms with E-state index in [9.17, 15) is 32.3 Å². The van der Waals surface area contributed by atoms with E-state index in [1.54, 1.807) is 48.4 Å². The molecule has 3 aliphatic rings. The van der Waals surface area contributed by atoms with Crippen LogP contribution in [0.4, 0.5) is 13.2 Å². The van der Waals surface area contributed by atoms with Gasteiger partial charge in [-0.25, -0.2) is 10.4 Å². The molecule has 3 aliphatic heterocycles. The second-order valence-corrected chi connectivity index (χ2v) is 20.5. The molecule has 0 aliphatic carbocycles. The molecule has 70 heavy (non-hydrogen) atoms. The molecule has 375 valence electrons. The summed E-state index contributed by atoms with van der Waals surface area (Å²) in [7, 11) is 10.2. The normalized spacial score (nSPS) is 21.1. The number of aromatic nitrogens is 3. The number of benzene rings is 1. The van der Waals surface area contributed by atoms with Gasteiger partial charge in [-0.1, -0.05) is 19.8 Å². The summed E-state index contributed by atoms with van der Waals surface area (Å²) in [5.74, 6) is 3.47. The van der Waals surface area contributed by atoms with E-state index in [1.807, 2.05) is 46.7 Å². The van der Waals surface area contributed by atoms with Crippen molar-refractivity contribution in [3.05, 3.63) is 59.7 Å². The molecule has 1 aromatic carbocycles. The average Bonchev–Trinajstić information content (AvgIpc) is 3.87. The molecule has 7 rings (SSSR count). The summed E-state index contributed by atoms with van der Waals surface area (Å²) in [4.78, 5) is 68.0. The summed E-state index contributed by atoms with van der Waals surface area (Å²) in [5, 5.41) is 2.96. The first-order valence-corrected chi connectivity index (χ1v) is 23.5. The van der Waals surface area contributed by atoms with E-state index in [0.717, 1.165) is 0 Å².